The average molecular weight is 641 g/mol. The number of likely N-dealkylation sites (N-methyl/N-ethyl adjacent to an activating group) is 1. The second-order valence-corrected chi connectivity index (χ2v) is 15.2. The van der Waals surface area contributed by atoms with Gasteiger partial charge in [-0.05, 0) is 89.8 Å². The molecule has 242 valence electrons. The molecule has 6 heterocycles. The first kappa shape index (κ1) is 29.8. The number of aromatic nitrogens is 5. The zero-order valence-electron chi connectivity index (χ0n) is 27.1. The number of hydrogen-bond donors (Lipinski definition) is 2. The lowest BCUT2D eigenvalue weighted by Gasteiger charge is -2.39. The van der Waals surface area contributed by atoms with E-state index in [2.05, 4.69) is 41.4 Å². The summed E-state index contributed by atoms with van der Waals surface area (Å²) in [5.41, 5.74) is 16.9. The van der Waals surface area contributed by atoms with Gasteiger partial charge in [0.05, 0.1) is 28.6 Å². The monoisotopic (exact) mass is 640 g/mol. The molecular weight excluding hydrogens is 597 g/mol. The van der Waals surface area contributed by atoms with Crippen molar-refractivity contribution in [3.05, 3.63) is 33.5 Å². The molecule has 1 spiro atoms. The van der Waals surface area contributed by atoms with E-state index in [1.165, 1.54) is 11.3 Å². The van der Waals surface area contributed by atoms with Crippen molar-refractivity contribution in [2.24, 2.45) is 11.7 Å². The lowest BCUT2D eigenvalue weighted by Crippen LogP contribution is -2.47. The van der Waals surface area contributed by atoms with Gasteiger partial charge in [-0.15, -0.1) is 11.3 Å². The molecule has 5 atom stereocenters. The predicted molar refractivity (Wildman–Crippen MR) is 180 cm³/mol. The van der Waals surface area contributed by atoms with Gasteiger partial charge < -0.3 is 25.8 Å². The van der Waals surface area contributed by atoms with Crippen LogP contribution in [-0.2, 0) is 18.3 Å². The summed E-state index contributed by atoms with van der Waals surface area (Å²) in [4.78, 5) is 16.6. The van der Waals surface area contributed by atoms with Crippen LogP contribution in [-0.4, -0.2) is 68.6 Å². The normalized spacial score (nSPS) is 27.2. The van der Waals surface area contributed by atoms with Gasteiger partial charge in [-0.1, -0.05) is 18.5 Å². The smallest absolute Gasteiger partial charge is 0.186 e. The largest absolute Gasteiger partial charge is 0.389 e. The third-order valence-corrected chi connectivity index (χ3v) is 12.7. The van der Waals surface area contributed by atoms with Crippen LogP contribution >= 0.6 is 11.3 Å². The molecule has 2 fully saturated rings. The molecule has 2 saturated heterocycles. The molecule has 0 radical (unpaired) electrons. The molecule has 4 aromatic heterocycles. The van der Waals surface area contributed by atoms with Crippen LogP contribution in [0.3, 0.4) is 0 Å². The topological polar surface area (TPSA) is 152 Å². The first-order valence-corrected chi connectivity index (χ1v) is 17.9. The highest BCUT2D eigenvalue weighted by Gasteiger charge is 2.49. The van der Waals surface area contributed by atoms with Crippen LogP contribution in [0.4, 0.5) is 10.8 Å². The van der Waals surface area contributed by atoms with E-state index in [4.69, 9.17) is 36.2 Å². The Morgan fingerprint density at radius 3 is 2.76 bits per heavy atom. The Hall–Kier alpha value is -3.53. The minimum absolute atomic E-state index is 0.155. The van der Waals surface area contributed by atoms with Gasteiger partial charge in [0.2, 0.25) is 0 Å². The summed E-state index contributed by atoms with van der Waals surface area (Å²) < 4.78 is 8.48. The first-order chi connectivity index (χ1) is 22.3. The highest BCUT2D eigenvalue weighted by Crippen LogP contribution is 2.55. The Labute approximate surface area is 273 Å². The fraction of sp³-hybridized carbons (Fsp3) is 0.618. The number of hydrogen-bond acceptors (Lipinski definition) is 11. The van der Waals surface area contributed by atoms with Gasteiger partial charge in [0.25, 0.3) is 0 Å². The molecule has 0 bridgehead atoms. The zero-order valence-corrected chi connectivity index (χ0v) is 27.9. The number of nitrogens with zero attached hydrogens (tertiary/aromatic N) is 8. The number of piperidine rings is 1. The summed E-state index contributed by atoms with van der Waals surface area (Å²) in [6.07, 6.45) is 11.9. The molecule has 4 N–H and O–H groups in total. The van der Waals surface area contributed by atoms with Crippen molar-refractivity contribution in [1.29, 1.82) is 5.26 Å². The van der Waals surface area contributed by atoms with Gasteiger partial charge in [-0.3, -0.25) is 0 Å². The Kier molecular flexibility index (Phi) is 7.34. The number of fused-ring (bicyclic) bond motifs is 5. The second-order valence-electron chi connectivity index (χ2n) is 14.1. The van der Waals surface area contributed by atoms with E-state index in [9.17, 15) is 5.26 Å². The minimum Gasteiger partial charge on any atom is -0.389 e. The molecule has 11 nitrogen and oxygen atoms in total. The van der Waals surface area contributed by atoms with E-state index in [-0.39, 0.29) is 17.5 Å². The highest BCUT2D eigenvalue weighted by atomic mass is 32.1. The number of nitrogen functional groups attached to an aromatic ring is 1. The third-order valence-electron chi connectivity index (χ3n) is 11.6. The van der Waals surface area contributed by atoms with Crippen molar-refractivity contribution < 1.29 is 4.52 Å². The van der Waals surface area contributed by atoms with E-state index >= 15 is 0 Å². The molecule has 2 aliphatic carbocycles. The van der Waals surface area contributed by atoms with Gasteiger partial charge in [0.1, 0.15) is 16.9 Å². The van der Waals surface area contributed by atoms with E-state index < -0.39 is 0 Å². The van der Waals surface area contributed by atoms with Gasteiger partial charge in [0, 0.05) is 35.6 Å². The fourth-order valence-electron chi connectivity index (χ4n) is 9.16. The summed E-state index contributed by atoms with van der Waals surface area (Å²) in [6.45, 7) is 7.28. The van der Waals surface area contributed by atoms with Crippen molar-refractivity contribution in [2.75, 3.05) is 37.3 Å². The maximum absolute atomic E-state index is 10.1. The summed E-state index contributed by atoms with van der Waals surface area (Å²) in [7, 11) is 2.21. The van der Waals surface area contributed by atoms with Gasteiger partial charge >= 0.3 is 0 Å². The molecule has 0 saturated carbocycles. The number of nitriles is 1. The molecule has 46 heavy (non-hydrogen) atoms. The molecule has 0 aromatic carbocycles. The Morgan fingerprint density at radius 1 is 1.17 bits per heavy atom. The average Bonchev–Trinajstić information content (AvgIpc) is 3.86. The van der Waals surface area contributed by atoms with Crippen LogP contribution in [0.2, 0.25) is 0 Å². The van der Waals surface area contributed by atoms with Gasteiger partial charge in [-0.2, -0.15) is 10.4 Å². The third kappa shape index (κ3) is 4.42. The van der Waals surface area contributed by atoms with Crippen molar-refractivity contribution in [3.63, 3.8) is 0 Å². The van der Waals surface area contributed by atoms with Crippen LogP contribution in [0.5, 0.6) is 0 Å². The maximum atomic E-state index is 10.1. The molecular formula is C34H44N10OS. The fourth-order valence-corrected chi connectivity index (χ4v) is 10.3. The predicted octanol–water partition coefficient (Wildman–Crippen LogP) is 5.17. The standard InChI is InChI=1S/C34H44N10OS/c1-4-20-18-43(15-11-24(20)36)32-23-17-38-44(19(2)25-9-7-14-42(25)3)33(23)40-31(39-32)28-21-8-5-12-34(29(21)45-41-28)13-6-10-26-27(34)22(16-35)30(37)46-26/h17,19-20,24-25H,4-15,18,36-37H2,1-3H3/t19-,20+,24-,25-,34-/m0/s1. The minimum atomic E-state index is -0.390. The summed E-state index contributed by atoms with van der Waals surface area (Å²) in [5.74, 6) is 2.76. The van der Waals surface area contributed by atoms with Crippen LogP contribution in [0.15, 0.2) is 10.7 Å². The van der Waals surface area contributed by atoms with E-state index in [0.29, 0.717) is 34.0 Å². The summed E-state index contributed by atoms with van der Waals surface area (Å²) in [6, 6.07) is 3.18. The molecule has 4 aliphatic rings. The van der Waals surface area contributed by atoms with Crippen LogP contribution in [0.1, 0.15) is 98.6 Å². The van der Waals surface area contributed by atoms with Crippen molar-refractivity contribution in [2.45, 2.75) is 102 Å². The first-order valence-electron chi connectivity index (χ1n) is 17.1. The van der Waals surface area contributed by atoms with Gasteiger partial charge in [0.15, 0.2) is 22.9 Å². The van der Waals surface area contributed by atoms with Crippen LogP contribution < -0.4 is 16.4 Å². The lowest BCUT2D eigenvalue weighted by atomic mass is 9.63. The Balaban J connectivity index is 1.29. The molecule has 0 amide bonds. The molecule has 8 rings (SSSR count). The number of anilines is 2. The number of thiophene rings is 1. The van der Waals surface area contributed by atoms with Gasteiger partial charge in [-0.25, -0.2) is 14.6 Å². The SMILES string of the molecule is CC[C@@H]1CN(c2nc(-c3noc4c3CCC[C@@]43CCCc4sc(N)c(C#N)c43)nc3c2cnn3[C@@H](C)[C@@H]2CCCN2C)CC[C@@H]1N. The molecule has 12 heteroatoms. The summed E-state index contributed by atoms with van der Waals surface area (Å²) >= 11 is 1.56. The Morgan fingerprint density at radius 2 is 2.00 bits per heavy atom. The molecule has 2 aliphatic heterocycles. The number of likely N-dealkylation sites (tertiary alicyclic amines) is 1. The summed E-state index contributed by atoms with van der Waals surface area (Å²) in [5, 5.41) is 21.4. The highest BCUT2D eigenvalue weighted by molar-refractivity contribution is 7.16. The zero-order chi connectivity index (χ0) is 31.7. The van der Waals surface area contributed by atoms with E-state index in [1.54, 1.807) is 11.3 Å². The molecule has 4 aromatic rings. The quantitative estimate of drug-likeness (QED) is 0.299. The Bertz CT molecular complexity index is 1830. The van der Waals surface area contributed by atoms with Crippen LogP contribution in [0.25, 0.3) is 22.6 Å². The van der Waals surface area contributed by atoms with E-state index in [0.717, 1.165) is 111 Å². The number of nitrogens with two attached hydrogens (primary N) is 2. The van der Waals surface area contributed by atoms with E-state index in [1.807, 2.05) is 6.20 Å². The maximum Gasteiger partial charge on any atom is 0.186 e. The number of rotatable bonds is 5. The van der Waals surface area contributed by atoms with Crippen LogP contribution in [0, 0.1) is 17.2 Å². The number of aryl methyl sites for hydroxylation is 1. The van der Waals surface area contributed by atoms with Crippen molar-refractivity contribution >= 4 is 33.2 Å². The molecule has 0 unspecified atom stereocenters. The van der Waals surface area contributed by atoms with Crippen molar-refractivity contribution in [1.82, 2.24) is 29.8 Å². The lowest BCUT2D eigenvalue weighted by molar-refractivity contribution is 0.232. The van der Waals surface area contributed by atoms with Crippen molar-refractivity contribution in [3.8, 4) is 17.6 Å². The second kappa shape index (κ2) is 11.3.